The molecule has 2 atom stereocenters. The lowest BCUT2D eigenvalue weighted by atomic mass is 9.92. The number of benzene rings is 3. The van der Waals surface area contributed by atoms with Gasteiger partial charge < -0.3 is 9.53 Å². The third-order valence-corrected chi connectivity index (χ3v) is 5.60. The number of aldehydes is 1. The van der Waals surface area contributed by atoms with Crippen LogP contribution in [0.5, 0.6) is 0 Å². The Kier molecular flexibility index (Phi) is 6.50. The Morgan fingerprint density at radius 3 is 2.28 bits per heavy atom. The van der Waals surface area contributed by atoms with E-state index in [1.54, 1.807) is 0 Å². The summed E-state index contributed by atoms with van der Waals surface area (Å²) in [5.74, 6) is -0.102. The molecule has 1 aliphatic heterocycles. The van der Waals surface area contributed by atoms with Gasteiger partial charge in [0, 0.05) is 25.6 Å². The van der Waals surface area contributed by atoms with Crippen molar-refractivity contribution in [3.05, 3.63) is 107 Å². The molecule has 4 rings (SSSR count). The van der Waals surface area contributed by atoms with Crippen molar-refractivity contribution in [1.82, 2.24) is 4.90 Å². The molecule has 0 amide bonds. The Morgan fingerprint density at radius 1 is 0.897 bits per heavy atom. The van der Waals surface area contributed by atoms with E-state index in [0.717, 1.165) is 44.5 Å². The van der Waals surface area contributed by atoms with Crippen LogP contribution in [0.3, 0.4) is 0 Å². The van der Waals surface area contributed by atoms with Crippen LogP contribution in [0.2, 0.25) is 0 Å². The zero-order valence-corrected chi connectivity index (χ0v) is 16.6. The van der Waals surface area contributed by atoms with Crippen LogP contribution in [-0.4, -0.2) is 30.9 Å². The van der Waals surface area contributed by atoms with Gasteiger partial charge in [-0.1, -0.05) is 84.9 Å². The number of nitrogens with zero attached hydrogens (tertiary/aromatic N) is 1. The molecule has 0 saturated carbocycles. The van der Waals surface area contributed by atoms with Crippen molar-refractivity contribution in [2.75, 3.05) is 19.7 Å². The Bertz CT molecular complexity index is 893. The SMILES string of the molecule is O=CC(Cc1ccc(C2CN(Cc3ccccc3)CCO2)cc1)c1ccccc1. The Balaban J connectivity index is 1.39. The zero-order valence-electron chi connectivity index (χ0n) is 16.6. The molecule has 0 bridgehead atoms. The highest BCUT2D eigenvalue weighted by Crippen LogP contribution is 2.25. The van der Waals surface area contributed by atoms with E-state index in [0.29, 0.717) is 0 Å². The molecule has 1 heterocycles. The summed E-state index contributed by atoms with van der Waals surface area (Å²) in [6.07, 6.45) is 1.87. The van der Waals surface area contributed by atoms with Crippen LogP contribution in [0.25, 0.3) is 0 Å². The maximum Gasteiger partial charge on any atom is 0.127 e. The van der Waals surface area contributed by atoms with Crippen LogP contribution in [0.1, 0.15) is 34.3 Å². The first-order valence-corrected chi connectivity index (χ1v) is 10.3. The van der Waals surface area contributed by atoms with Crippen LogP contribution < -0.4 is 0 Å². The summed E-state index contributed by atoms with van der Waals surface area (Å²) in [7, 11) is 0. The van der Waals surface area contributed by atoms with Gasteiger partial charge in [0.1, 0.15) is 6.29 Å². The number of carbonyl (C=O) groups excluding carboxylic acids is 1. The molecule has 1 fully saturated rings. The Labute approximate surface area is 172 Å². The lowest BCUT2D eigenvalue weighted by Crippen LogP contribution is -2.37. The first kappa shape index (κ1) is 19.6. The highest BCUT2D eigenvalue weighted by atomic mass is 16.5. The van der Waals surface area contributed by atoms with Gasteiger partial charge in [-0.05, 0) is 28.7 Å². The lowest BCUT2D eigenvalue weighted by Gasteiger charge is -2.33. The standard InChI is InChI=1S/C26H27NO2/c28-20-25(23-9-5-2-6-10-23)17-21-11-13-24(14-12-21)26-19-27(15-16-29-26)18-22-7-3-1-4-8-22/h1-14,20,25-26H,15-19H2. The monoisotopic (exact) mass is 385 g/mol. The van der Waals surface area contributed by atoms with Crippen molar-refractivity contribution in [2.24, 2.45) is 0 Å². The number of hydrogen-bond acceptors (Lipinski definition) is 3. The van der Waals surface area contributed by atoms with E-state index in [4.69, 9.17) is 4.74 Å². The predicted octanol–water partition coefficient (Wildman–Crippen LogP) is 4.79. The average molecular weight is 386 g/mol. The van der Waals surface area contributed by atoms with Gasteiger partial charge in [-0.3, -0.25) is 4.90 Å². The number of carbonyl (C=O) groups is 1. The van der Waals surface area contributed by atoms with E-state index in [9.17, 15) is 4.79 Å². The van der Waals surface area contributed by atoms with Gasteiger partial charge in [-0.2, -0.15) is 0 Å². The van der Waals surface area contributed by atoms with E-state index >= 15 is 0 Å². The summed E-state index contributed by atoms with van der Waals surface area (Å²) in [5, 5.41) is 0. The molecule has 1 saturated heterocycles. The third-order valence-electron chi connectivity index (χ3n) is 5.60. The molecular formula is C26H27NO2. The summed E-state index contributed by atoms with van der Waals surface area (Å²) in [5.41, 5.74) is 4.78. The van der Waals surface area contributed by atoms with Crippen LogP contribution in [0.4, 0.5) is 0 Å². The molecule has 3 aromatic carbocycles. The van der Waals surface area contributed by atoms with Crippen molar-refractivity contribution in [3.8, 4) is 0 Å². The molecule has 29 heavy (non-hydrogen) atoms. The molecule has 0 aliphatic carbocycles. The number of hydrogen-bond donors (Lipinski definition) is 0. The average Bonchev–Trinajstić information content (AvgIpc) is 2.79. The molecule has 0 N–H and O–H groups in total. The second kappa shape index (κ2) is 9.64. The minimum absolute atomic E-state index is 0.0949. The van der Waals surface area contributed by atoms with Crippen molar-refractivity contribution >= 4 is 6.29 Å². The zero-order chi connectivity index (χ0) is 19.9. The highest BCUT2D eigenvalue weighted by Gasteiger charge is 2.22. The van der Waals surface area contributed by atoms with E-state index in [2.05, 4.69) is 59.5 Å². The Hall–Kier alpha value is -2.75. The van der Waals surface area contributed by atoms with Gasteiger partial charge in [0.05, 0.1) is 12.7 Å². The molecule has 3 heteroatoms. The molecule has 3 nitrogen and oxygen atoms in total. The van der Waals surface area contributed by atoms with Crippen LogP contribution in [0, 0.1) is 0 Å². The van der Waals surface area contributed by atoms with E-state index in [1.165, 1.54) is 16.7 Å². The van der Waals surface area contributed by atoms with Crippen LogP contribution in [0.15, 0.2) is 84.9 Å². The van der Waals surface area contributed by atoms with Crippen LogP contribution in [-0.2, 0) is 22.5 Å². The minimum Gasteiger partial charge on any atom is -0.371 e. The quantitative estimate of drug-likeness (QED) is 0.548. The van der Waals surface area contributed by atoms with Gasteiger partial charge in [0.15, 0.2) is 0 Å². The van der Waals surface area contributed by atoms with Gasteiger partial charge in [0.2, 0.25) is 0 Å². The third kappa shape index (κ3) is 5.20. The number of rotatable bonds is 7. The molecule has 0 aromatic heterocycles. The minimum atomic E-state index is -0.102. The normalized spacial score (nSPS) is 18.3. The Morgan fingerprint density at radius 2 is 1.59 bits per heavy atom. The first-order valence-electron chi connectivity index (χ1n) is 10.3. The maximum atomic E-state index is 11.6. The van der Waals surface area contributed by atoms with Gasteiger partial charge >= 0.3 is 0 Å². The largest absolute Gasteiger partial charge is 0.371 e. The summed E-state index contributed by atoms with van der Waals surface area (Å²) in [6, 6.07) is 29.1. The molecule has 1 aliphatic rings. The molecule has 2 unspecified atom stereocenters. The molecule has 148 valence electrons. The van der Waals surface area contributed by atoms with Crippen molar-refractivity contribution in [1.29, 1.82) is 0 Å². The van der Waals surface area contributed by atoms with Crippen molar-refractivity contribution in [3.63, 3.8) is 0 Å². The summed E-state index contributed by atoms with van der Waals surface area (Å²) >= 11 is 0. The van der Waals surface area contributed by atoms with Gasteiger partial charge in [-0.15, -0.1) is 0 Å². The van der Waals surface area contributed by atoms with Crippen molar-refractivity contribution in [2.45, 2.75) is 25.0 Å². The van der Waals surface area contributed by atoms with E-state index in [1.807, 2.05) is 30.3 Å². The predicted molar refractivity (Wildman–Crippen MR) is 116 cm³/mol. The topological polar surface area (TPSA) is 29.5 Å². The molecule has 3 aromatic rings. The molecule has 0 radical (unpaired) electrons. The van der Waals surface area contributed by atoms with Crippen LogP contribution >= 0.6 is 0 Å². The first-order chi connectivity index (χ1) is 14.3. The fourth-order valence-corrected chi connectivity index (χ4v) is 3.96. The second-order valence-corrected chi connectivity index (χ2v) is 7.68. The van der Waals surface area contributed by atoms with E-state index < -0.39 is 0 Å². The van der Waals surface area contributed by atoms with Gasteiger partial charge in [0.25, 0.3) is 0 Å². The van der Waals surface area contributed by atoms with Crippen molar-refractivity contribution < 1.29 is 9.53 Å². The maximum absolute atomic E-state index is 11.6. The second-order valence-electron chi connectivity index (χ2n) is 7.68. The summed E-state index contributed by atoms with van der Waals surface area (Å²) in [6.45, 7) is 3.56. The summed E-state index contributed by atoms with van der Waals surface area (Å²) in [4.78, 5) is 14.0. The fraction of sp³-hybridized carbons (Fsp3) is 0.269. The smallest absolute Gasteiger partial charge is 0.127 e. The number of ether oxygens (including phenoxy) is 1. The molecule has 0 spiro atoms. The highest BCUT2D eigenvalue weighted by molar-refractivity contribution is 5.62. The summed E-state index contributed by atoms with van der Waals surface area (Å²) < 4.78 is 6.05. The lowest BCUT2D eigenvalue weighted by molar-refractivity contribution is -0.109. The number of morpholine rings is 1. The van der Waals surface area contributed by atoms with E-state index in [-0.39, 0.29) is 12.0 Å². The molecular weight excluding hydrogens is 358 g/mol. The fourth-order valence-electron chi connectivity index (χ4n) is 3.96. The van der Waals surface area contributed by atoms with Gasteiger partial charge in [-0.25, -0.2) is 0 Å².